The van der Waals surface area contributed by atoms with Crippen molar-refractivity contribution in [3.05, 3.63) is 76.4 Å². The molecule has 1 saturated carbocycles. The Kier molecular flexibility index (Phi) is 5.47. The van der Waals surface area contributed by atoms with Crippen LogP contribution in [-0.4, -0.2) is 20.7 Å². The second-order valence-corrected chi connectivity index (χ2v) is 9.84. The van der Waals surface area contributed by atoms with E-state index in [1.54, 1.807) is 12.4 Å². The minimum absolute atomic E-state index is 0.00262. The Morgan fingerprint density at radius 1 is 1.21 bits per heavy atom. The Balaban J connectivity index is 1.51. The molecule has 1 aromatic heterocycles. The number of fused-ring (bicyclic) bond motifs is 1. The summed E-state index contributed by atoms with van der Waals surface area (Å²) in [6.45, 7) is 2.08. The lowest BCUT2D eigenvalue weighted by Gasteiger charge is -2.47. The van der Waals surface area contributed by atoms with E-state index in [9.17, 15) is 18.0 Å². The van der Waals surface area contributed by atoms with Gasteiger partial charge in [0.1, 0.15) is 12.2 Å². The van der Waals surface area contributed by atoms with Crippen LogP contribution in [0.3, 0.4) is 0 Å². The summed E-state index contributed by atoms with van der Waals surface area (Å²) in [6, 6.07) is 10.2. The summed E-state index contributed by atoms with van der Waals surface area (Å²) >= 11 is 5.82. The SMILES string of the molecule is Cn1cnnc1C[C@]1(c2cccc(N3Cc4c(cc(CCl)cc4C(F)(F)F)C3=O)c2)C[C@H](C)C1. The van der Waals surface area contributed by atoms with Crippen LogP contribution in [-0.2, 0) is 37.5 Å². The molecule has 0 bridgehead atoms. The second-order valence-electron chi connectivity index (χ2n) is 9.57. The molecule has 1 aliphatic heterocycles. The highest BCUT2D eigenvalue weighted by Gasteiger charge is 2.45. The van der Waals surface area contributed by atoms with E-state index in [1.807, 2.05) is 29.8 Å². The molecule has 2 aromatic carbocycles. The molecule has 2 aliphatic rings. The number of aromatic nitrogens is 3. The van der Waals surface area contributed by atoms with Crippen LogP contribution in [0.4, 0.5) is 18.9 Å². The first kappa shape index (κ1) is 22.9. The fourth-order valence-electron chi connectivity index (χ4n) is 5.54. The fraction of sp³-hybridized carbons (Fsp3) is 0.400. The van der Waals surface area contributed by atoms with Gasteiger partial charge in [0.05, 0.1) is 12.1 Å². The van der Waals surface area contributed by atoms with Crippen molar-refractivity contribution in [1.29, 1.82) is 0 Å². The number of anilines is 1. The summed E-state index contributed by atoms with van der Waals surface area (Å²) in [7, 11) is 1.91. The van der Waals surface area contributed by atoms with Crippen molar-refractivity contribution in [2.75, 3.05) is 4.90 Å². The van der Waals surface area contributed by atoms with E-state index in [0.717, 1.165) is 30.3 Å². The van der Waals surface area contributed by atoms with E-state index in [4.69, 9.17) is 11.6 Å². The van der Waals surface area contributed by atoms with Crippen LogP contribution < -0.4 is 4.90 Å². The minimum Gasteiger partial charge on any atom is -0.321 e. The van der Waals surface area contributed by atoms with Crippen LogP contribution in [0.2, 0.25) is 0 Å². The molecular weight excluding hydrogens is 465 g/mol. The largest absolute Gasteiger partial charge is 0.416 e. The van der Waals surface area contributed by atoms with Gasteiger partial charge in [-0.05, 0) is 59.7 Å². The van der Waals surface area contributed by atoms with Crippen molar-refractivity contribution in [2.45, 2.75) is 50.2 Å². The average Bonchev–Trinajstić information content (AvgIpc) is 3.33. The smallest absolute Gasteiger partial charge is 0.321 e. The number of aryl methyl sites for hydroxylation is 1. The zero-order valence-electron chi connectivity index (χ0n) is 18.9. The summed E-state index contributed by atoms with van der Waals surface area (Å²) < 4.78 is 43.2. The normalized spacial score (nSPS) is 22.1. The molecular formula is C25H24ClF3N4O. The van der Waals surface area contributed by atoms with Crippen LogP contribution in [0.15, 0.2) is 42.7 Å². The zero-order valence-corrected chi connectivity index (χ0v) is 19.6. The Labute approximate surface area is 200 Å². The number of carbonyl (C=O) groups is 1. The van der Waals surface area contributed by atoms with E-state index >= 15 is 0 Å². The monoisotopic (exact) mass is 488 g/mol. The lowest BCUT2D eigenvalue weighted by atomic mass is 9.57. The fourth-order valence-corrected chi connectivity index (χ4v) is 5.69. The van der Waals surface area contributed by atoms with Crippen LogP contribution >= 0.6 is 11.6 Å². The number of amides is 1. The van der Waals surface area contributed by atoms with E-state index in [2.05, 4.69) is 17.1 Å². The molecule has 0 radical (unpaired) electrons. The number of nitrogens with zero attached hydrogens (tertiary/aromatic N) is 4. The first-order chi connectivity index (χ1) is 16.1. The minimum atomic E-state index is -4.56. The molecule has 2 heterocycles. The summed E-state index contributed by atoms with van der Waals surface area (Å²) in [5.74, 6) is 0.902. The van der Waals surface area contributed by atoms with E-state index < -0.39 is 17.6 Å². The van der Waals surface area contributed by atoms with Gasteiger partial charge in [-0.3, -0.25) is 4.79 Å². The van der Waals surface area contributed by atoms with Gasteiger partial charge in [-0.15, -0.1) is 21.8 Å². The average molecular weight is 489 g/mol. The van der Waals surface area contributed by atoms with E-state index in [0.29, 0.717) is 18.0 Å². The summed E-state index contributed by atoms with van der Waals surface area (Å²) in [5, 5.41) is 8.24. The Morgan fingerprint density at radius 3 is 2.59 bits per heavy atom. The van der Waals surface area contributed by atoms with Gasteiger partial charge in [0, 0.05) is 36.0 Å². The summed E-state index contributed by atoms with van der Waals surface area (Å²) in [6.07, 6.45) is -0.242. The molecule has 0 atom stereocenters. The van der Waals surface area contributed by atoms with Gasteiger partial charge in [0.15, 0.2) is 0 Å². The third-order valence-corrected chi connectivity index (χ3v) is 7.42. The van der Waals surface area contributed by atoms with Gasteiger partial charge >= 0.3 is 6.18 Å². The number of rotatable bonds is 5. The topological polar surface area (TPSA) is 51.0 Å². The van der Waals surface area contributed by atoms with Crippen molar-refractivity contribution >= 4 is 23.2 Å². The van der Waals surface area contributed by atoms with Crippen molar-refractivity contribution in [3.63, 3.8) is 0 Å². The molecule has 1 fully saturated rings. The van der Waals surface area contributed by atoms with Gasteiger partial charge < -0.3 is 9.47 Å². The molecule has 5 rings (SSSR count). The molecule has 1 aliphatic carbocycles. The highest BCUT2D eigenvalue weighted by molar-refractivity contribution is 6.17. The molecule has 9 heteroatoms. The number of hydrogen-bond donors (Lipinski definition) is 0. The number of halogens is 4. The van der Waals surface area contributed by atoms with Crippen LogP contribution in [0.5, 0.6) is 0 Å². The maximum absolute atomic E-state index is 13.8. The third kappa shape index (κ3) is 3.78. The molecule has 0 unspecified atom stereocenters. The van der Waals surface area contributed by atoms with Crippen molar-refractivity contribution < 1.29 is 18.0 Å². The van der Waals surface area contributed by atoms with Crippen molar-refractivity contribution in [3.8, 4) is 0 Å². The van der Waals surface area contributed by atoms with Gasteiger partial charge in [-0.25, -0.2) is 0 Å². The first-order valence-electron chi connectivity index (χ1n) is 11.2. The standard InChI is InChI=1S/C25H24ClF3N4O/c1-15-9-24(10-15,11-22-31-30-14-32(22)2)17-4-3-5-18(8-17)33-13-20-19(23(33)34)6-16(12-26)7-21(20)25(27,28)29/h3-8,14-15H,9-13H2,1-2H3/t15-,24-. The third-order valence-electron chi connectivity index (χ3n) is 7.11. The highest BCUT2D eigenvalue weighted by atomic mass is 35.5. The lowest BCUT2D eigenvalue weighted by molar-refractivity contribution is -0.138. The van der Waals surface area contributed by atoms with Gasteiger partial charge in [-0.2, -0.15) is 13.2 Å². The molecule has 1 amide bonds. The van der Waals surface area contributed by atoms with Crippen molar-refractivity contribution in [2.24, 2.45) is 13.0 Å². The Hall–Kier alpha value is -2.87. The number of alkyl halides is 4. The van der Waals surface area contributed by atoms with Gasteiger partial charge in [0.25, 0.3) is 5.91 Å². The van der Waals surface area contributed by atoms with Crippen LogP contribution in [0, 0.1) is 5.92 Å². The van der Waals surface area contributed by atoms with Crippen molar-refractivity contribution in [1.82, 2.24) is 14.8 Å². The zero-order chi connectivity index (χ0) is 24.3. The maximum Gasteiger partial charge on any atom is 0.416 e. The maximum atomic E-state index is 13.8. The summed E-state index contributed by atoms with van der Waals surface area (Å²) in [4.78, 5) is 14.7. The molecule has 0 spiro atoms. The van der Waals surface area contributed by atoms with E-state index in [1.165, 1.54) is 11.0 Å². The van der Waals surface area contributed by atoms with Gasteiger partial charge in [-0.1, -0.05) is 19.1 Å². The molecule has 0 N–H and O–H groups in total. The molecule has 178 valence electrons. The van der Waals surface area contributed by atoms with Crippen LogP contribution in [0.1, 0.15) is 58.2 Å². The number of benzene rings is 2. The number of hydrogen-bond acceptors (Lipinski definition) is 3. The quantitative estimate of drug-likeness (QED) is 0.436. The van der Waals surface area contributed by atoms with Crippen LogP contribution in [0.25, 0.3) is 0 Å². The van der Waals surface area contributed by atoms with Gasteiger partial charge in [0.2, 0.25) is 0 Å². The molecule has 0 saturated heterocycles. The molecule has 34 heavy (non-hydrogen) atoms. The molecule has 3 aromatic rings. The Bertz CT molecular complexity index is 1260. The first-order valence-corrected chi connectivity index (χ1v) is 11.7. The lowest BCUT2D eigenvalue weighted by Crippen LogP contribution is -2.42. The predicted molar refractivity (Wildman–Crippen MR) is 123 cm³/mol. The van der Waals surface area contributed by atoms with E-state index in [-0.39, 0.29) is 34.5 Å². The number of carbonyl (C=O) groups excluding carboxylic acids is 1. The highest BCUT2D eigenvalue weighted by Crippen LogP contribution is 2.50. The second kappa shape index (κ2) is 8.12. The summed E-state index contributed by atoms with van der Waals surface area (Å²) in [5.41, 5.74) is 1.07. The Morgan fingerprint density at radius 2 is 1.97 bits per heavy atom. The molecule has 5 nitrogen and oxygen atoms in total. The predicted octanol–water partition coefficient (Wildman–Crippen LogP) is 5.64.